The Morgan fingerprint density at radius 3 is 2.55 bits per heavy atom. The number of benzene rings is 2. The molecule has 0 aliphatic rings. The smallest absolute Gasteiger partial charge is 0.340 e. The van der Waals surface area contributed by atoms with Crippen LogP contribution in [-0.2, 0) is 4.74 Å². The third-order valence-corrected chi connectivity index (χ3v) is 4.14. The van der Waals surface area contributed by atoms with E-state index in [4.69, 9.17) is 9.47 Å². The minimum Gasteiger partial charge on any atom is -0.495 e. The molecule has 2 aromatic carbocycles. The molecule has 3 aromatic rings. The minimum atomic E-state index is -0.385. The van der Waals surface area contributed by atoms with E-state index in [1.807, 2.05) is 38.1 Å². The van der Waals surface area contributed by atoms with Crippen LogP contribution in [0.25, 0.3) is 0 Å². The lowest BCUT2D eigenvalue weighted by molar-refractivity contribution is 0.0527. The predicted octanol–water partition coefficient (Wildman–Crippen LogP) is 4.77. The van der Waals surface area contributed by atoms with Crippen LogP contribution in [0.1, 0.15) is 28.5 Å². The Hall–Kier alpha value is -3.61. The molecule has 0 spiro atoms. The van der Waals surface area contributed by atoms with Crippen LogP contribution in [0, 0.1) is 13.8 Å². The summed E-state index contributed by atoms with van der Waals surface area (Å²) in [6.07, 6.45) is 0. The van der Waals surface area contributed by atoms with Gasteiger partial charge in [0.1, 0.15) is 11.6 Å². The fraction of sp³-hybridized carbons (Fsp3) is 0.227. The molecular formula is C22H24N4O3. The summed E-state index contributed by atoms with van der Waals surface area (Å²) in [5.41, 5.74) is 3.69. The lowest BCUT2D eigenvalue weighted by Gasteiger charge is -2.14. The first-order valence-electron chi connectivity index (χ1n) is 9.30. The number of aryl methyl sites for hydroxylation is 2. The van der Waals surface area contributed by atoms with E-state index >= 15 is 0 Å². The molecule has 7 nitrogen and oxygen atoms in total. The van der Waals surface area contributed by atoms with Gasteiger partial charge in [-0.3, -0.25) is 0 Å². The van der Waals surface area contributed by atoms with E-state index in [1.54, 1.807) is 38.3 Å². The van der Waals surface area contributed by atoms with Crippen molar-refractivity contribution in [2.24, 2.45) is 0 Å². The van der Waals surface area contributed by atoms with E-state index in [2.05, 4.69) is 20.6 Å². The van der Waals surface area contributed by atoms with Gasteiger partial charge in [0.25, 0.3) is 0 Å². The summed E-state index contributed by atoms with van der Waals surface area (Å²) in [6, 6.07) is 14.8. The Labute approximate surface area is 170 Å². The van der Waals surface area contributed by atoms with Crippen molar-refractivity contribution in [1.82, 2.24) is 9.97 Å². The summed E-state index contributed by atoms with van der Waals surface area (Å²) in [5.74, 6) is 1.29. The molecule has 0 bridgehead atoms. The fourth-order valence-electron chi connectivity index (χ4n) is 2.85. The van der Waals surface area contributed by atoms with Crippen LogP contribution in [0.2, 0.25) is 0 Å². The number of esters is 1. The molecular weight excluding hydrogens is 368 g/mol. The number of aromatic nitrogens is 2. The van der Waals surface area contributed by atoms with Gasteiger partial charge in [-0.05, 0) is 50.6 Å². The van der Waals surface area contributed by atoms with E-state index in [0.29, 0.717) is 35.4 Å². The van der Waals surface area contributed by atoms with Crippen LogP contribution in [0.5, 0.6) is 5.75 Å². The largest absolute Gasteiger partial charge is 0.495 e. The zero-order valence-corrected chi connectivity index (χ0v) is 16.9. The second-order valence-electron chi connectivity index (χ2n) is 6.44. The molecule has 3 rings (SSSR count). The number of ether oxygens (including phenoxy) is 2. The first-order valence-corrected chi connectivity index (χ1v) is 9.30. The van der Waals surface area contributed by atoms with Crippen molar-refractivity contribution in [3.63, 3.8) is 0 Å². The summed E-state index contributed by atoms with van der Waals surface area (Å²) in [4.78, 5) is 21.2. The molecule has 1 heterocycles. The van der Waals surface area contributed by atoms with Crippen molar-refractivity contribution in [3.8, 4) is 5.75 Å². The Morgan fingerprint density at radius 1 is 1.00 bits per heavy atom. The summed E-state index contributed by atoms with van der Waals surface area (Å²) in [5, 5.41) is 6.41. The van der Waals surface area contributed by atoms with Crippen LogP contribution in [0.15, 0.2) is 48.5 Å². The number of methoxy groups -OCH3 is 1. The number of para-hydroxylation sites is 1. The van der Waals surface area contributed by atoms with E-state index in [0.717, 1.165) is 16.9 Å². The summed E-state index contributed by atoms with van der Waals surface area (Å²) in [6.45, 7) is 5.97. The third kappa shape index (κ3) is 5.01. The highest BCUT2D eigenvalue weighted by Gasteiger charge is 2.13. The van der Waals surface area contributed by atoms with Crippen LogP contribution in [0.3, 0.4) is 0 Å². The molecule has 0 unspecified atom stereocenters. The third-order valence-electron chi connectivity index (χ3n) is 4.14. The normalized spacial score (nSPS) is 10.3. The number of nitrogens with zero attached hydrogens (tertiary/aromatic N) is 2. The second-order valence-corrected chi connectivity index (χ2v) is 6.44. The van der Waals surface area contributed by atoms with Crippen molar-refractivity contribution >= 4 is 29.1 Å². The Bertz CT molecular complexity index is 1020. The highest BCUT2D eigenvalue weighted by atomic mass is 16.5. The van der Waals surface area contributed by atoms with E-state index in [-0.39, 0.29) is 5.97 Å². The standard InChI is InChI=1S/C22H24N4O3/c1-5-29-21(27)16-8-6-7-9-17(16)24-20-13-15(3)23-22(26-20)25-18-12-14(2)10-11-19(18)28-4/h6-13H,5H2,1-4H3,(H2,23,24,25,26). The van der Waals surface area contributed by atoms with Gasteiger partial charge in [-0.1, -0.05) is 18.2 Å². The van der Waals surface area contributed by atoms with E-state index < -0.39 is 0 Å². The SMILES string of the molecule is CCOC(=O)c1ccccc1Nc1cc(C)nc(Nc2cc(C)ccc2OC)n1. The van der Waals surface area contributed by atoms with Crippen molar-refractivity contribution in [2.75, 3.05) is 24.4 Å². The van der Waals surface area contributed by atoms with Crippen molar-refractivity contribution in [2.45, 2.75) is 20.8 Å². The average molecular weight is 392 g/mol. The summed E-state index contributed by atoms with van der Waals surface area (Å²) in [7, 11) is 1.62. The van der Waals surface area contributed by atoms with Gasteiger partial charge in [0, 0.05) is 11.8 Å². The molecule has 150 valence electrons. The number of nitrogens with one attached hydrogen (secondary N) is 2. The number of carbonyl (C=O) groups excluding carboxylic acids is 1. The molecule has 1 aromatic heterocycles. The zero-order chi connectivity index (χ0) is 20.8. The van der Waals surface area contributed by atoms with Gasteiger partial charge in [-0.2, -0.15) is 4.98 Å². The number of hydrogen-bond donors (Lipinski definition) is 2. The highest BCUT2D eigenvalue weighted by Crippen LogP contribution is 2.28. The summed E-state index contributed by atoms with van der Waals surface area (Å²) < 4.78 is 10.5. The van der Waals surface area contributed by atoms with Gasteiger partial charge in [0.2, 0.25) is 5.95 Å². The lowest BCUT2D eigenvalue weighted by atomic mass is 10.2. The van der Waals surface area contributed by atoms with Crippen LogP contribution in [0.4, 0.5) is 23.1 Å². The highest BCUT2D eigenvalue weighted by molar-refractivity contribution is 5.96. The Kier molecular flexibility index (Phi) is 6.29. The molecule has 0 aliphatic carbocycles. The maximum atomic E-state index is 12.2. The molecule has 0 saturated heterocycles. The number of rotatable bonds is 7. The molecule has 0 aliphatic heterocycles. The van der Waals surface area contributed by atoms with Gasteiger partial charge in [-0.25, -0.2) is 9.78 Å². The molecule has 2 N–H and O–H groups in total. The number of hydrogen-bond acceptors (Lipinski definition) is 7. The van der Waals surface area contributed by atoms with Gasteiger partial charge in [0.15, 0.2) is 0 Å². The topological polar surface area (TPSA) is 85.4 Å². The Balaban J connectivity index is 1.90. The fourth-order valence-corrected chi connectivity index (χ4v) is 2.85. The molecule has 0 atom stereocenters. The maximum Gasteiger partial charge on any atom is 0.340 e. The van der Waals surface area contributed by atoms with Crippen molar-refractivity contribution in [3.05, 3.63) is 65.4 Å². The molecule has 0 fully saturated rings. The van der Waals surface area contributed by atoms with Crippen molar-refractivity contribution < 1.29 is 14.3 Å². The van der Waals surface area contributed by atoms with Gasteiger partial charge >= 0.3 is 5.97 Å². The predicted molar refractivity (Wildman–Crippen MR) is 113 cm³/mol. The molecule has 0 radical (unpaired) electrons. The zero-order valence-electron chi connectivity index (χ0n) is 16.9. The van der Waals surface area contributed by atoms with E-state index in [1.165, 1.54) is 0 Å². The van der Waals surface area contributed by atoms with Gasteiger partial charge in [-0.15, -0.1) is 0 Å². The van der Waals surface area contributed by atoms with Gasteiger partial charge < -0.3 is 20.1 Å². The molecule has 0 amide bonds. The monoisotopic (exact) mass is 392 g/mol. The number of carbonyl (C=O) groups is 1. The van der Waals surface area contributed by atoms with E-state index in [9.17, 15) is 4.79 Å². The Morgan fingerprint density at radius 2 is 1.79 bits per heavy atom. The van der Waals surface area contributed by atoms with Crippen LogP contribution in [-0.4, -0.2) is 29.7 Å². The van der Waals surface area contributed by atoms with Crippen LogP contribution < -0.4 is 15.4 Å². The molecule has 29 heavy (non-hydrogen) atoms. The average Bonchev–Trinajstić information content (AvgIpc) is 2.68. The number of anilines is 4. The lowest BCUT2D eigenvalue weighted by Crippen LogP contribution is -2.09. The second kappa shape index (κ2) is 9.05. The maximum absolute atomic E-state index is 12.2. The van der Waals surface area contributed by atoms with Gasteiger partial charge in [0.05, 0.1) is 30.7 Å². The first kappa shape index (κ1) is 20.1. The quantitative estimate of drug-likeness (QED) is 0.560. The summed E-state index contributed by atoms with van der Waals surface area (Å²) >= 11 is 0. The van der Waals surface area contributed by atoms with Crippen LogP contribution >= 0.6 is 0 Å². The van der Waals surface area contributed by atoms with Crippen molar-refractivity contribution in [1.29, 1.82) is 0 Å². The molecule has 0 saturated carbocycles. The molecule has 7 heteroatoms. The minimum absolute atomic E-state index is 0.312. The first-order chi connectivity index (χ1) is 14.0.